The van der Waals surface area contributed by atoms with Gasteiger partial charge in [0.05, 0.1) is 25.1 Å². The van der Waals surface area contributed by atoms with Gasteiger partial charge >= 0.3 is 0 Å². The van der Waals surface area contributed by atoms with E-state index in [0.717, 1.165) is 11.9 Å². The van der Waals surface area contributed by atoms with Gasteiger partial charge in [-0.2, -0.15) is 5.10 Å². The zero-order valence-corrected chi connectivity index (χ0v) is 17.2. The maximum atomic E-state index is 13.9. The summed E-state index contributed by atoms with van der Waals surface area (Å²) in [4.78, 5) is 21.5. The SMILES string of the molecule is CC1CNC(=O)c2cnn3cc(Nc4ccccc4)c(nc23)NCc2cc(F)cnc2O1. The molecule has 0 radical (unpaired) electrons. The number of amides is 1. The largest absolute Gasteiger partial charge is 0.473 e. The van der Waals surface area contributed by atoms with E-state index < -0.39 is 5.82 Å². The zero-order chi connectivity index (χ0) is 22.1. The lowest BCUT2D eigenvalue weighted by molar-refractivity contribution is 0.0932. The third-order valence-electron chi connectivity index (χ3n) is 4.99. The van der Waals surface area contributed by atoms with Crippen LogP contribution in [0.3, 0.4) is 0 Å². The lowest BCUT2D eigenvalue weighted by atomic mass is 10.2. The molecule has 1 unspecified atom stereocenters. The highest BCUT2D eigenvalue weighted by molar-refractivity contribution is 6.00. The Morgan fingerprint density at radius 2 is 2.06 bits per heavy atom. The first-order valence-corrected chi connectivity index (χ1v) is 10.1. The van der Waals surface area contributed by atoms with Gasteiger partial charge in [0, 0.05) is 17.8 Å². The predicted molar refractivity (Wildman–Crippen MR) is 117 cm³/mol. The smallest absolute Gasteiger partial charge is 0.256 e. The van der Waals surface area contributed by atoms with Crippen LogP contribution in [0, 0.1) is 5.82 Å². The second-order valence-electron chi connectivity index (χ2n) is 7.43. The maximum Gasteiger partial charge on any atom is 0.256 e. The normalized spacial score (nSPS) is 16.1. The number of aromatic nitrogens is 4. The molecule has 9 nitrogen and oxygen atoms in total. The molecule has 0 aliphatic carbocycles. The summed E-state index contributed by atoms with van der Waals surface area (Å²) in [7, 11) is 0. The molecule has 3 aromatic heterocycles. The second kappa shape index (κ2) is 8.14. The van der Waals surface area contributed by atoms with Crippen LogP contribution in [0.1, 0.15) is 22.8 Å². The summed E-state index contributed by atoms with van der Waals surface area (Å²) in [6.45, 7) is 2.25. The molecule has 5 rings (SSSR count). The summed E-state index contributed by atoms with van der Waals surface area (Å²) in [5.74, 6) is -0.0206. The summed E-state index contributed by atoms with van der Waals surface area (Å²) in [6.07, 6.45) is 3.95. The van der Waals surface area contributed by atoms with Crippen molar-refractivity contribution in [3.05, 3.63) is 71.9 Å². The minimum absolute atomic E-state index is 0.213. The summed E-state index contributed by atoms with van der Waals surface area (Å²) in [6, 6.07) is 11.0. The number of para-hydroxylation sites is 1. The number of halogens is 1. The molecule has 1 atom stereocenters. The molecule has 1 aliphatic rings. The molecule has 10 heteroatoms. The Morgan fingerprint density at radius 3 is 2.91 bits per heavy atom. The van der Waals surface area contributed by atoms with Crippen molar-refractivity contribution in [2.24, 2.45) is 0 Å². The van der Waals surface area contributed by atoms with Gasteiger partial charge < -0.3 is 20.7 Å². The van der Waals surface area contributed by atoms with Crippen molar-refractivity contribution >= 4 is 28.7 Å². The summed E-state index contributed by atoms with van der Waals surface area (Å²) in [5.41, 5.74) is 2.75. The highest BCUT2D eigenvalue weighted by Gasteiger charge is 2.20. The number of carbonyl (C=O) groups excluding carboxylic acids is 1. The van der Waals surface area contributed by atoms with Gasteiger partial charge in [0.25, 0.3) is 5.91 Å². The Hall–Kier alpha value is -4.21. The Bertz CT molecular complexity index is 1290. The van der Waals surface area contributed by atoms with Gasteiger partial charge in [0.15, 0.2) is 11.5 Å². The average Bonchev–Trinajstić information content (AvgIpc) is 3.20. The first kappa shape index (κ1) is 19.7. The lowest BCUT2D eigenvalue weighted by Gasteiger charge is -2.17. The van der Waals surface area contributed by atoms with Crippen LogP contribution in [0.4, 0.5) is 21.6 Å². The number of pyridine rings is 1. The van der Waals surface area contributed by atoms with E-state index in [1.165, 1.54) is 12.3 Å². The molecular weight excluding hydrogens is 413 g/mol. The van der Waals surface area contributed by atoms with Crippen LogP contribution in [0.5, 0.6) is 5.88 Å². The van der Waals surface area contributed by atoms with Crippen molar-refractivity contribution in [2.75, 3.05) is 17.2 Å². The summed E-state index contributed by atoms with van der Waals surface area (Å²) in [5, 5.41) is 13.6. The first-order valence-electron chi connectivity index (χ1n) is 10.1. The van der Waals surface area contributed by atoms with Crippen molar-refractivity contribution in [1.82, 2.24) is 24.9 Å². The van der Waals surface area contributed by atoms with Crippen LogP contribution in [0.2, 0.25) is 0 Å². The highest BCUT2D eigenvalue weighted by Crippen LogP contribution is 2.27. The predicted octanol–water partition coefficient (Wildman–Crippen LogP) is 3.13. The molecule has 32 heavy (non-hydrogen) atoms. The number of hydrogen-bond donors (Lipinski definition) is 3. The van der Waals surface area contributed by atoms with Gasteiger partial charge in [-0.05, 0) is 25.1 Å². The van der Waals surface area contributed by atoms with E-state index in [1.807, 2.05) is 30.3 Å². The van der Waals surface area contributed by atoms with E-state index in [-0.39, 0.29) is 25.1 Å². The van der Waals surface area contributed by atoms with Crippen LogP contribution >= 0.6 is 0 Å². The number of nitrogens with zero attached hydrogens (tertiary/aromatic N) is 4. The fourth-order valence-corrected chi connectivity index (χ4v) is 3.42. The van der Waals surface area contributed by atoms with E-state index in [1.54, 1.807) is 17.6 Å². The quantitative estimate of drug-likeness (QED) is 0.446. The van der Waals surface area contributed by atoms with Gasteiger partial charge in [0.1, 0.15) is 23.2 Å². The maximum absolute atomic E-state index is 13.9. The van der Waals surface area contributed by atoms with Crippen molar-refractivity contribution in [1.29, 1.82) is 0 Å². The van der Waals surface area contributed by atoms with Gasteiger partial charge in [-0.15, -0.1) is 0 Å². The topological polar surface area (TPSA) is 105 Å². The third kappa shape index (κ3) is 3.89. The summed E-state index contributed by atoms with van der Waals surface area (Å²) < 4.78 is 21.3. The zero-order valence-electron chi connectivity index (χ0n) is 17.2. The molecule has 4 aromatic rings. The van der Waals surface area contributed by atoms with Crippen LogP contribution < -0.4 is 20.7 Å². The number of benzene rings is 1. The van der Waals surface area contributed by atoms with E-state index in [2.05, 4.69) is 31.0 Å². The van der Waals surface area contributed by atoms with Crippen LogP contribution in [0.15, 0.2) is 55.0 Å². The molecule has 0 saturated heterocycles. The number of hydrogen-bond acceptors (Lipinski definition) is 7. The molecule has 1 aromatic carbocycles. The number of anilines is 3. The number of carbonyl (C=O) groups is 1. The van der Waals surface area contributed by atoms with Crippen molar-refractivity contribution in [2.45, 2.75) is 19.6 Å². The van der Waals surface area contributed by atoms with Crippen LogP contribution in [-0.2, 0) is 6.54 Å². The van der Waals surface area contributed by atoms with Gasteiger partial charge in [-0.25, -0.2) is 18.9 Å². The molecule has 1 amide bonds. The fourth-order valence-electron chi connectivity index (χ4n) is 3.42. The minimum atomic E-state index is -0.469. The Kier molecular flexibility index (Phi) is 5.02. The van der Waals surface area contributed by atoms with Crippen molar-refractivity contribution < 1.29 is 13.9 Å². The van der Waals surface area contributed by atoms with E-state index in [9.17, 15) is 9.18 Å². The van der Waals surface area contributed by atoms with Crippen molar-refractivity contribution in [3.8, 4) is 5.88 Å². The van der Waals surface area contributed by atoms with Gasteiger partial charge in [0.2, 0.25) is 5.88 Å². The van der Waals surface area contributed by atoms with Crippen LogP contribution in [0.25, 0.3) is 5.65 Å². The van der Waals surface area contributed by atoms with Gasteiger partial charge in [-0.3, -0.25) is 4.79 Å². The average molecular weight is 433 g/mol. The Labute approximate surface area is 182 Å². The molecule has 0 saturated carbocycles. The third-order valence-corrected chi connectivity index (χ3v) is 4.99. The number of ether oxygens (including phenoxy) is 1. The molecule has 162 valence electrons. The minimum Gasteiger partial charge on any atom is -0.473 e. The van der Waals surface area contributed by atoms with E-state index in [0.29, 0.717) is 34.2 Å². The summed E-state index contributed by atoms with van der Waals surface area (Å²) >= 11 is 0. The molecule has 0 fully saturated rings. The molecule has 2 bridgehead atoms. The molecule has 0 spiro atoms. The van der Waals surface area contributed by atoms with Gasteiger partial charge in [-0.1, -0.05) is 18.2 Å². The molecular formula is C22H20FN7O2. The molecule has 3 N–H and O–H groups in total. The highest BCUT2D eigenvalue weighted by atomic mass is 19.1. The first-order chi connectivity index (χ1) is 15.6. The molecule has 1 aliphatic heterocycles. The lowest BCUT2D eigenvalue weighted by Crippen LogP contribution is -2.33. The van der Waals surface area contributed by atoms with E-state index in [4.69, 9.17) is 4.74 Å². The van der Waals surface area contributed by atoms with Crippen molar-refractivity contribution in [3.63, 3.8) is 0 Å². The second-order valence-corrected chi connectivity index (χ2v) is 7.43. The standard InChI is InChI=1S/C22H20FN7O2/c1-13-8-25-21(31)17-11-27-30-12-18(28-16-5-3-2-4-6-16)19(29-20(17)30)24-9-14-7-15(23)10-26-22(14)32-13/h2-7,10-13,28H,8-9H2,1H3,(H,24,29)(H,25,31). The van der Waals surface area contributed by atoms with E-state index >= 15 is 0 Å². The monoisotopic (exact) mass is 433 g/mol. The van der Waals surface area contributed by atoms with Crippen LogP contribution in [-0.4, -0.2) is 38.1 Å². The Balaban J connectivity index is 1.60. The fraction of sp³-hybridized carbons (Fsp3) is 0.182. The number of fused-ring (bicyclic) bond motifs is 2. The number of nitrogens with one attached hydrogen (secondary N) is 3. The number of rotatable bonds is 2. The molecule has 4 heterocycles. The Morgan fingerprint density at radius 1 is 1.22 bits per heavy atom.